The number of methoxy groups -OCH3 is 1. The lowest BCUT2D eigenvalue weighted by Gasteiger charge is -2.08. The average molecular weight is 259 g/mol. The van der Waals surface area contributed by atoms with Crippen LogP contribution in [0.25, 0.3) is 0 Å². The molecule has 0 saturated carbocycles. The lowest BCUT2D eigenvalue weighted by atomic mass is 10.0. The number of halogens is 3. The number of allylic oxidation sites excluding steroid dienone is 1. The molecule has 0 bridgehead atoms. The minimum Gasteiger partial charge on any atom is -0.465 e. The monoisotopic (exact) mass is 259 g/mol. The Morgan fingerprint density at radius 2 is 2.00 bits per heavy atom. The molecule has 0 aromatic heterocycles. The van der Waals surface area contributed by atoms with Crippen molar-refractivity contribution in [2.75, 3.05) is 12.8 Å². The molecule has 6 heteroatoms. The smallest absolute Gasteiger partial charge is 0.339 e. The Morgan fingerprint density at radius 1 is 1.33 bits per heavy atom. The predicted octanol–water partition coefficient (Wildman–Crippen LogP) is 3.07. The number of para-hydroxylation sites is 1. The van der Waals surface area contributed by atoms with Crippen LogP contribution in [0.15, 0.2) is 30.1 Å². The number of benzene rings is 1. The molecule has 1 aromatic carbocycles. The lowest BCUT2D eigenvalue weighted by molar-refractivity contribution is 0.0602. The molecule has 2 N–H and O–H groups in total. The van der Waals surface area contributed by atoms with E-state index in [9.17, 15) is 18.0 Å². The molecule has 18 heavy (non-hydrogen) atoms. The summed E-state index contributed by atoms with van der Waals surface area (Å²) in [5.41, 5.74) is 6.38. The van der Waals surface area contributed by atoms with Crippen molar-refractivity contribution in [3.05, 3.63) is 41.2 Å². The zero-order chi connectivity index (χ0) is 13.7. The molecule has 0 aliphatic heterocycles. The van der Waals surface area contributed by atoms with E-state index in [0.717, 1.165) is 0 Å². The summed E-state index contributed by atoms with van der Waals surface area (Å²) in [6.45, 7) is 0. The molecule has 3 nitrogen and oxygen atoms in total. The van der Waals surface area contributed by atoms with Crippen molar-refractivity contribution in [3.8, 4) is 0 Å². The van der Waals surface area contributed by atoms with Gasteiger partial charge >= 0.3 is 12.0 Å². The molecule has 0 atom stereocenters. The normalized spacial score (nSPS) is 10.0. The van der Waals surface area contributed by atoms with Crippen LogP contribution in [0.4, 0.5) is 18.9 Å². The molecule has 0 aliphatic rings. The van der Waals surface area contributed by atoms with Gasteiger partial charge in [0.15, 0.2) is 5.83 Å². The molecular weight excluding hydrogens is 247 g/mol. The standard InChI is InChI=1S/C12H12F3NO2/c1-18-12(17)8-4-2-3-7(10(8)16)5-6-9(13)11(14)15/h2-4H,5-6,16H2,1H3. The minimum absolute atomic E-state index is 0.0140. The predicted molar refractivity (Wildman–Crippen MR) is 60.9 cm³/mol. The van der Waals surface area contributed by atoms with Gasteiger partial charge in [-0.25, -0.2) is 9.18 Å². The zero-order valence-electron chi connectivity index (χ0n) is 9.67. The number of carbonyl (C=O) groups excluding carboxylic acids is 1. The van der Waals surface area contributed by atoms with Crippen LogP contribution in [-0.2, 0) is 11.2 Å². The summed E-state index contributed by atoms with van der Waals surface area (Å²) in [6, 6.07) is 4.53. The fraction of sp³-hybridized carbons (Fsp3) is 0.250. The van der Waals surface area contributed by atoms with Crippen LogP contribution < -0.4 is 5.73 Å². The van der Waals surface area contributed by atoms with E-state index in [1.54, 1.807) is 6.07 Å². The largest absolute Gasteiger partial charge is 0.465 e. The Kier molecular flexibility index (Phi) is 4.76. The van der Waals surface area contributed by atoms with Gasteiger partial charge in [-0.3, -0.25) is 0 Å². The van der Waals surface area contributed by atoms with E-state index in [1.165, 1.54) is 19.2 Å². The van der Waals surface area contributed by atoms with Gasteiger partial charge in [0.1, 0.15) is 0 Å². The summed E-state index contributed by atoms with van der Waals surface area (Å²) in [5, 5.41) is 0. The Labute approximate surface area is 102 Å². The Balaban J connectivity index is 2.91. The highest BCUT2D eigenvalue weighted by molar-refractivity contribution is 5.95. The number of hydrogen-bond donors (Lipinski definition) is 1. The Morgan fingerprint density at radius 3 is 2.56 bits per heavy atom. The second-order valence-electron chi connectivity index (χ2n) is 3.54. The molecule has 0 fully saturated rings. The van der Waals surface area contributed by atoms with Crippen LogP contribution in [-0.4, -0.2) is 13.1 Å². The maximum atomic E-state index is 12.7. The molecule has 0 unspecified atom stereocenters. The first-order chi connectivity index (χ1) is 8.47. The zero-order valence-corrected chi connectivity index (χ0v) is 9.67. The average Bonchev–Trinajstić information content (AvgIpc) is 2.36. The van der Waals surface area contributed by atoms with Gasteiger partial charge in [0.05, 0.1) is 12.7 Å². The van der Waals surface area contributed by atoms with Crippen molar-refractivity contribution in [3.63, 3.8) is 0 Å². The van der Waals surface area contributed by atoms with E-state index in [2.05, 4.69) is 4.74 Å². The molecule has 98 valence electrons. The number of aryl methyl sites for hydroxylation is 1. The van der Waals surface area contributed by atoms with E-state index in [4.69, 9.17) is 5.73 Å². The van der Waals surface area contributed by atoms with Crippen molar-refractivity contribution in [2.24, 2.45) is 0 Å². The van der Waals surface area contributed by atoms with Crippen molar-refractivity contribution >= 4 is 11.7 Å². The number of ether oxygens (including phenoxy) is 1. The van der Waals surface area contributed by atoms with Crippen LogP contribution in [0.3, 0.4) is 0 Å². The summed E-state index contributed by atoms with van der Waals surface area (Å²) >= 11 is 0. The van der Waals surface area contributed by atoms with E-state index in [0.29, 0.717) is 5.56 Å². The quantitative estimate of drug-likeness (QED) is 0.667. The fourth-order valence-electron chi connectivity index (χ4n) is 1.46. The topological polar surface area (TPSA) is 52.3 Å². The third-order valence-corrected chi connectivity index (χ3v) is 2.42. The summed E-state index contributed by atoms with van der Waals surface area (Å²) in [4.78, 5) is 11.3. The first-order valence-corrected chi connectivity index (χ1v) is 5.12. The number of esters is 1. The molecule has 0 saturated heterocycles. The van der Waals surface area contributed by atoms with Crippen LogP contribution in [0, 0.1) is 0 Å². The third-order valence-electron chi connectivity index (χ3n) is 2.42. The van der Waals surface area contributed by atoms with Crippen molar-refractivity contribution in [2.45, 2.75) is 12.8 Å². The number of nitrogens with two attached hydrogens (primary N) is 1. The van der Waals surface area contributed by atoms with E-state index >= 15 is 0 Å². The van der Waals surface area contributed by atoms with Crippen LogP contribution in [0.1, 0.15) is 22.3 Å². The molecule has 1 rings (SSSR count). The molecule has 0 amide bonds. The molecule has 1 aromatic rings. The van der Waals surface area contributed by atoms with Gasteiger partial charge in [-0.05, 0) is 18.1 Å². The van der Waals surface area contributed by atoms with Gasteiger partial charge in [-0.15, -0.1) is 0 Å². The Bertz CT molecular complexity index is 482. The Hall–Kier alpha value is -1.98. The number of carbonyl (C=O) groups is 1. The van der Waals surface area contributed by atoms with E-state index in [1.807, 2.05) is 0 Å². The minimum atomic E-state index is -2.34. The highest BCUT2D eigenvalue weighted by atomic mass is 19.3. The highest BCUT2D eigenvalue weighted by Gasteiger charge is 2.13. The molecule has 0 spiro atoms. The van der Waals surface area contributed by atoms with Gasteiger partial charge < -0.3 is 10.5 Å². The fourth-order valence-corrected chi connectivity index (χ4v) is 1.46. The van der Waals surface area contributed by atoms with Gasteiger partial charge in [0, 0.05) is 12.1 Å². The third kappa shape index (κ3) is 3.26. The number of hydrogen-bond acceptors (Lipinski definition) is 3. The molecule has 0 radical (unpaired) electrons. The number of rotatable bonds is 4. The molecule has 0 aliphatic carbocycles. The van der Waals surface area contributed by atoms with Crippen LogP contribution in [0.2, 0.25) is 0 Å². The van der Waals surface area contributed by atoms with E-state index in [-0.39, 0.29) is 17.7 Å². The molecule has 0 heterocycles. The van der Waals surface area contributed by atoms with Crippen molar-refractivity contribution in [1.82, 2.24) is 0 Å². The van der Waals surface area contributed by atoms with Crippen LogP contribution >= 0.6 is 0 Å². The maximum absolute atomic E-state index is 12.7. The van der Waals surface area contributed by atoms with Crippen molar-refractivity contribution < 1.29 is 22.7 Å². The van der Waals surface area contributed by atoms with Gasteiger partial charge in [0.2, 0.25) is 0 Å². The number of nitrogen functional groups attached to an aromatic ring is 1. The molecular formula is C12H12F3NO2. The first-order valence-electron chi connectivity index (χ1n) is 5.12. The van der Waals surface area contributed by atoms with E-state index < -0.39 is 24.3 Å². The lowest BCUT2D eigenvalue weighted by Crippen LogP contribution is -2.07. The van der Waals surface area contributed by atoms with Crippen molar-refractivity contribution in [1.29, 1.82) is 0 Å². The summed E-state index contributed by atoms with van der Waals surface area (Å²) in [5.74, 6) is -2.10. The van der Waals surface area contributed by atoms with Crippen LogP contribution in [0.5, 0.6) is 0 Å². The maximum Gasteiger partial charge on any atom is 0.339 e. The van der Waals surface area contributed by atoms with Gasteiger partial charge in [0.25, 0.3) is 0 Å². The number of anilines is 1. The highest BCUT2D eigenvalue weighted by Crippen LogP contribution is 2.23. The van der Waals surface area contributed by atoms with Gasteiger partial charge in [-0.2, -0.15) is 8.78 Å². The SMILES string of the molecule is COC(=O)c1cccc(CCC(F)=C(F)F)c1N. The summed E-state index contributed by atoms with van der Waals surface area (Å²) < 4.78 is 41.0. The summed E-state index contributed by atoms with van der Waals surface area (Å²) in [7, 11) is 1.20. The second kappa shape index (κ2) is 6.09. The summed E-state index contributed by atoms with van der Waals surface area (Å²) in [6.07, 6.45) is -2.81. The van der Waals surface area contributed by atoms with Gasteiger partial charge in [-0.1, -0.05) is 12.1 Å². The first kappa shape index (κ1) is 14.1. The second-order valence-corrected chi connectivity index (χ2v) is 3.54.